The summed E-state index contributed by atoms with van der Waals surface area (Å²) in [5.74, 6) is 0.812. The normalized spacial score (nSPS) is 9.87. The summed E-state index contributed by atoms with van der Waals surface area (Å²) in [6.45, 7) is 0.850. The van der Waals surface area contributed by atoms with Gasteiger partial charge in [0.15, 0.2) is 0 Å². The van der Waals surface area contributed by atoms with E-state index in [4.69, 9.17) is 0 Å². The highest BCUT2D eigenvalue weighted by molar-refractivity contribution is 5.31. The van der Waals surface area contributed by atoms with Gasteiger partial charge in [0.1, 0.15) is 5.82 Å². The lowest BCUT2D eigenvalue weighted by Crippen LogP contribution is -2.06. The standard InChI is InChI=1S/C11H12N4/c1-2-11(15-14-6-1)13-9-5-10-3-7-12-8-4-10/h1-4,6-8H,5,9H2,(H,13,15). The fourth-order valence-electron chi connectivity index (χ4n) is 1.28. The molecule has 2 aromatic rings. The van der Waals surface area contributed by atoms with Crippen LogP contribution in [-0.2, 0) is 6.42 Å². The third-order valence-corrected chi connectivity index (χ3v) is 2.04. The zero-order valence-corrected chi connectivity index (χ0v) is 8.30. The van der Waals surface area contributed by atoms with Crippen LogP contribution in [0.15, 0.2) is 42.9 Å². The Balaban J connectivity index is 1.81. The van der Waals surface area contributed by atoms with Gasteiger partial charge in [-0.1, -0.05) is 0 Å². The highest BCUT2D eigenvalue weighted by Gasteiger charge is 1.93. The second kappa shape index (κ2) is 5.05. The first-order chi connectivity index (χ1) is 7.45. The molecule has 2 rings (SSSR count). The van der Waals surface area contributed by atoms with Crippen molar-refractivity contribution in [1.82, 2.24) is 15.2 Å². The second-order valence-corrected chi connectivity index (χ2v) is 3.14. The summed E-state index contributed by atoms with van der Waals surface area (Å²) in [6, 6.07) is 7.79. The lowest BCUT2D eigenvalue weighted by molar-refractivity contribution is 0.964. The van der Waals surface area contributed by atoms with E-state index >= 15 is 0 Å². The Kier molecular flexibility index (Phi) is 3.22. The molecule has 4 heteroatoms. The number of anilines is 1. The maximum absolute atomic E-state index is 3.97. The number of nitrogens with one attached hydrogen (secondary N) is 1. The van der Waals surface area contributed by atoms with Crippen molar-refractivity contribution in [2.24, 2.45) is 0 Å². The van der Waals surface area contributed by atoms with Gasteiger partial charge in [-0.2, -0.15) is 5.10 Å². The largest absolute Gasteiger partial charge is 0.368 e. The zero-order chi connectivity index (χ0) is 10.3. The first kappa shape index (κ1) is 9.58. The summed E-state index contributed by atoms with van der Waals surface area (Å²) in [5, 5.41) is 10.9. The highest BCUT2D eigenvalue weighted by Crippen LogP contribution is 2.00. The van der Waals surface area contributed by atoms with Crippen molar-refractivity contribution >= 4 is 5.82 Å². The van der Waals surface area contributed by atoms with E-state index in [2.05, 4.69) is 20.5 Å². The molecule has 0 fully saturated rings. The summed E-state index contributed by atoms with van der Waals surface area (Å²) in [5.41, 5.74) is 1.27. The molecule has 0 amide bonds. The summed E-state index contributed by atoms with van der Waals surface area (Å²) >= 11 is 0. The molecule has 0 spiro atoms. The Morgan fingerprint density at radius 3 is 2.67 bits per heavy atom. The smallest absolute Gasteiger partial charge is 0.148 e. The van der Waals surface area contributed by atoms with Gasteiger partial charge in [0.05, 0.1) is 0 Å². The van der Waals surface area contributed by atoms with Crippen LogP contribution in [0.25, 0.3) is 0 Å². The third-order valence-electron chi connectivity index (χ3n) is 2.04. The number of rotatable bonds is 4. The maximum atomic E-state index is 3.97. The van der Waals surface area contributed by atoms with Crippen molar-refractivity contribution in [3.63, 3.8) is 0 Å². The molecule has 0 atom stereocenters. The predicted molar refractivity (Wildman–Crippen MR) is 58.5 cm³/mol. The van der Waals surface area contributed by atoms with Crippen LogP contribution < -0.4 is 5.32 Å². The van der Waals surface area contributed by atoms with E-state index in [-0.39, 0.29) is 0 Å². The molecule has 0 radical (unpaired) electrons. The predicted octanol–water partition coefficient (Wildman–Crippen LogP) is 1.53. The number of aromatic nitrogens is 3. The molecule has 1 N–H and O–H groups in total. The van der Waals surface area contributed by atoms with E-state index in [0.717, 1.165) is 18.8 Å². The van der Waals surface area contributed by atoms with Gasteiger partial charge in [-0.25, -0.2) is 0 Å². The van der Waals surface area contributed by atoms with Gasteiger partial charge < -0.3 is 5.32 Å². The van der Waals surface area contributed by atoms with Crippen LogP contribution in [0.4, 0.5) is 5.82 Å². The Morgan fingerprint density at radius 1 is 1.07 bits per heavy atom. The molecular weight excluding hydrogens is 188 g/mol. The Morgan fingerprint density at radius 2 is 1.93 bits per heavy atom. The van der Waals surface area contributed by atoms with Crippen LogP contribution in [0.5, 0.6) is 0 Å². The molecule has 0 aliphatic heterocycles. The maximum Gasteiger partial charge on any atom is 0.148 e. The van der Waals surface area contributed by atoms with Gasteiger partial charge in [0.25, 0.3) is 0 Å². The molecule has 15 heavy (non-hydrogen) atoms. The van der Waals surface area contributed by atoms with Gasteiger partial charge in [0, 0.05) is 25.1 Å². The van der Waals surface area contributed by atoms with E-state index in [9.17, 15) is 0 Å². The fourth-order valence-corrected chi connectivity index (χ4v) is 1.28. The topological polar surface area (TPSA) is 50.7 Å². The van der Waals surface area contributed by atoms with Crippen molar-refractivity contribution in [3.8, 4) is 0 Å². The second-order valence-electron chi connectivity index (χ2n) is 3.14. The Bertz CT molecular complexity index is 348. The SMILES string of the molecule is c1cnnc(NCCc2ccncc2)c1. The lowest BCUT2D eigenvalue weighted by Gasteiger charge is -2.03. The summed E-state index contributed by atoms with van der Waals surface area (Å²) in [4.78, 5) is 3.97. The Labute approximate surface area is 88.4 Å². The van der Waals surface area contributed by atoms with E-state index in [1.165, 1.54) is 5.56 Å². The molecule has 0 saturated heterocycles. The molecule has 2 heterocycles. The highest BCUT2D eigenvalue weighted by atomic mass is 15.2. The van der Waals surface area contributed by atoms with Crippen LogP contribution in [0.3, 0.4) is 0 Å². The van der Waals surface area contributed by atoms with Gasteiger partial charge >= 0.3 is 0 Å². The zero-order valence-electron chi connectivity index (χ0n) is 8.30. The Hall–Kier alpha value is -1.97. The van der Waals surface area contributed by atoms with E-state index in [1.54, 1.807) is 18.6 Å². The van der Waals surface area contributed by atoms with Crippen LogP contribution in [0.2, 0.25) is 0 Å². The average Bonchev–Trinajstić information content (AvgIpc) is 2.32. The monoisotopic (exact) mass is 200 g/mol. The molecule has 2 aromatic heterocycles. The minimum absolute atomic E-state index is 0.812. The molecule has 0 unspecified atom stereocenters. The quantitative estimate of drug-likeness (QED) is 0.813. The van der Waals surface area contributed by atoms with Crippen LogP contribution >= 0.6 is 0 Å². The molecule has 0 aliphatic carbocycles. The minimum Gasteiger partial charge on any atom is -0.368 e. The van der Waals surface area contributed by atoms with Crippen LogP contribution in [0.1, 0.15) is 5.56 Å². The third kappa shape index (κ3) is 3.02. The van der Waals surface area contributed by atoms with Gasteiger partial charge in [-0.3, -0.25) is 4.98 Å². The van der Waals surface area contributed by atoms with Gasteiger partial charge in [-0.15, -0.1) is 5.10 Å². The molecule has 0 aromatic carbocycles. The number of pyridine rings is 1. The van der Waals surface area contributed by atoms with E-state index < -0.39 is 0 Å². The summed E-state index contributed by atoms with van der Waals surface area (Å²) in [7, 11) is 0. The van der Waals surface area contributed by atoms with Gasteiger partial charge in [0.2, 0.25) is 0 Å². The van der Waals surface area contributed by atoms with E-state index in [0.29, 0.717) is 0 Å². The minimum atomic E-state index is 0.812. The van der Waals surface area contributed by atoms with Crippen molar-refractivity contribution < 1.29 is 0 Å². The molecular formula is C11H12N4. The van der Waals surface area contributed by atoms with Crippen molar-refractivity contribution in [2.75, 3.05) is 11.9 Å². The first-order valence-corrected chi connectivity index (χ1v) is 4.85. The first-order valence-electron chi connectivity index (χ1n) is 4.85. The molecule has 0 aliphatic rings. The van der Waals surface area contributed by atoms with Crippen molar-refractivity contribution in [3.05, 3.63) is 48.4 Å². The number of nitrogens with zero attached hydrogens (tertiary/aromatic N) is 3. The summed E-state index contributed by atoms with van der Waals surface area (Å²) < 4.78 is 0. The molecule has 0 saturated carbocycles. The van der Waals surface area contributed by atoms with Crippen molar-refractivity contribution in [1.29, 1.82) is 0 Å². The number of hydrogen-bond acceptors (Lipinski definition) is 4. The number of hydrogen-bond donors (Lipinski definition) is 1. The molecule has 76 valence electrons. The average molecular weight is 200 g/mol. The van der Waals surface area contributed by atoms with E-state index in [1.807, 2.05) is 24.3 Å². The summed E-state index contributed by atoms with van der Waals surface area (Å²) in [6.07, 6.45) is 6.22. The molecule has 4 nitrogen and oxygen atoms in total. The van der Waals surface area contributed by atoms with Crippen LogP contribution in [-0.4, -0.2) is 21.7 Å². The van der Waals surface area contributed by atoms with Crippen LogP contribution in [0, 0.1) is 0 Å². The lowest BCUT2D eigenvalue weighted by atomic mass is 10.2. The fraction of sp³-hybridized carbons (Fsp3) is 0.182. The molecule has 0 bridgehead atoms. The van der Waals surface area contributed by atoms with Gasteiger partial charge in [-0.05, 0) is 36.2 Å². The van der Waals surface area contributed by atoms with Crippen molar-refractivity contribution in [2.45, 2.75) is 6.42 Å².